The van der Waals surface area contributed by atoms with Crippen molar-refractivity contribution in [1.82, 2.24) is 15.0 Å². The van der Waals surface area contributed by atoms with E-state index < -0.39 is 12.0 Å². The first-order chi connectivity index (χ1) is 8.50. The first kappa shape index (κ1) is 12.4. The van der Waals surface area contributed by atoms with Crippen LogP contribution in [0.3, 0.4) is 0 Å². The fraction of sp³-hybridized carbons (Fsp3) is 0.273. The summed E-state index contributed by atoms with van der Waals surface area (Å²) in [7, 11) is 0. The van der Waals surface area contributed by atoms with Gasteiger partial charge in [0.05, 0.1) is 5.52 Å². The molecule has 2 aromatic heterocycles. The second kappa shape index (κ2) is 4.66. The summed E-state index contributed by atoms with van der Waals surface area (Å²) < 4.78 is 37.2. The molecule has 0 aliphatic rings. The van der Waals surface area contributed by atoms with E-state index >= 15 is 0 Å². The van der Waals surface area contributed by atoms with Gasteiger partial charge in [-0.25, -0.2) is 9.97 Å². The normalized spacial score (nSPS) is 11.3. The maximum atomic E-state index is 12.4. The minimum absolute atomic E-state index is 0.0201. The molecule has 7 heteroatoms. The second-order valence-electron chi connectivity index (χ2n) is 3.52. The molecule has 0 fully saturated rings. The SMILES string of the molecule is NCCC#Cc1cnc2nc(C(F)(F)F)[nH]c2c1. The third kappa shape index (κ3) is 2.60. The molecular formula is C11H9F3N4. The Labute approximate surface area is 100 Å². The van der Waals surface area contributed by atoms with Crippen molar-refractivity contribution in [1.29, 1.82) is 0 Å². The molecule has 0 aliphatic heterocycles. The molecule has 2 rings (SSSR count). The highest BCUT2D eigenvalue weighted by Crippen LogP contribution is 2.27. The number of rotatable bonds is 1. The molecule has 0 aliphatic carbocycles. The van der Waals surface area contributed by atoms with Crippen LogP contribution in [0.5, 0.6) is 0 Å². The molecule has 0 radical (unpaired) electrons. The van der Waals surface area contributed by atoms with Gasteiger partial charge < -0.3 is 10.7 Å². The Kier molecular flexibility index (Phi) is 3.21. The number of hydrogen-bond donors (Lipinski definition) is 2. The van der Waals surface area contributed by atoms with Crippen molar-refractivity contribution in [2.45, 2.75) is 12.6 Å². The number of halogens is 3. The monoisotopic (exact) mass is 254 g/mol. The minimum atomic E-state index is -4.51. The van der Waals surface area contributed by atoms with Crippen molar-refractivity contribution in [3.63, 3.8) is 0 Å². The predicted molar refractivity (Wildman–Crippen MR) is 59.4 cm³/mol. The van der Waals surface area contributed by atoms with Crippen molar-refractivity contribution >= 4 is 11.2 Å². The number of hydrogen-bond acceptors (Lipinski definition) is 3. The smallest absolute Gasteiger partial charge is 0.333 e. The van der Waals surface area contributed by atoms with E-state index in [1.54, 1.807) is 0 Å². The largest absolute Gasteiger partial charge is 0.449 e. The van der Waals surface area contributed by atoms with E-state index in [1.807, 2.05) is 0 Å². The van der Waals surface area contributed by atoms with E-state index in [0.29, 0.717) is 18.5 Å². The van der Waals surface area contributed by atoms with Crippen LogP contribution in [-0.4, -0.2) is 21.5 Å². The van der Waals surface area contributed by atoms with Crippen LogP contribution in [0.1, 0.15) is 17.8 Å². The van der Waals surface area contributed by atoms with E-state index in [1.165, 1.54) is 12.3 Å². The number of nitrogens with one attached hydrogen (secondary N) is 1. The maximum Gasteiger partial charge on any atom is 0.449 e. The predicted octanol–water partition coefficient (Wildman–Crippen LogP) is 1.68. The van der Waals surface area contributed by atoms with Crippen molar-refractivity contribution in [3.8, 4) is 11.8 Å². The lowest BCUT2D eigenvalue weighted by Gasteiger charge is -1.98. The number of aromatic nitrogens is 3. The number of H-pyrrole nitrogens is 1. The molecule has 0 unspecified atom stereocenters. The molecule has 2 heterocycles. The summed E-state index contributed by atoms with van der Waals surface area (Å²) in [5.41, 5.74) is 6.03. The number of alkyl halides is 3. The van der Waals surface area contributed by atoms with Gasteiger partial charge >= 0.3 is 6.18 Å². The zero-order valence-electron chi connectivity index (χ0n) is 9.17. The lowest BCUT2D eigenvalue weighted by Crippen LogP contribution is -2.06. The van der Waals surface area contributed by atoms with Gasteiger partial charge in [0.15, 0.2) is 5.65 Å². The van der Waals surface area contributed by atoms with E-state index in [-0.39, 0.29) is 11.2 Å². The van der Waals surface area contributed by atoms with Crippen LogP contribution >= 0.6 is 0 Å². The van der Waals surface area contributed by atoms with Gasteiger partial charge in [0.1, 0.15) is 0 Å². The minimum Gasteiger partial charge on any atom is -0.333 e. The Morgan fingerprint density at radius 1 is 1.39 bits per heavy atom. The molecule has 0 saturated heterocycles. The van der Waals surface area contributed by atoms with Crippen LogP contribution < -0.4 is 5.73 Å². The van der Waals surface area contributed by atoms with Gasteiger partial charge in [-0.15, -0.1) is 0 Å². The number of imidazole rings is 1. The molecule has 0 aromatic carbocycles. The molecule has 0 atom stereocenters. The Morgan fingerprint density at radius 3 is 2.83 bits per heavy atom. The molecular weight excluding hydrogens is 245 g/mol. The summed E-state index contributed by atoms with van der Waals surface area (Å²) >= 11 is 0. The fourth-order valence-electron chi connectivity index (χ4n) is 1.34. The lowest BCUT2D eigenvalue weighted by molar-refractivity contribution is -0.144. The molecule has 0 saturated carbocycles. The van der Waals surface area contributed by atoms with Gasteiger partial charge in [-0.3, -0.25) is 0 Å². The van der Waals surface area contributed by atoms with Crippen LogP contribution in [0.4, 0.5) is 13.2 Å². The summed E-state index contributed by atoms with van der Waals surface area (Å²) in [6.07, 6.45) is -2.60. The van der Waals surface area contributed by atoms with Crippen molar-refractivity contribution in [2.24, 2.45) is 5.73 Å². The van der Waals surface area contributed by atoms with Crippen LogP contribution in [0.15, 0.2) is 12.3 Å². The van der Waals surface area contributed by atoms with Gasteiger partial charge in [-0.2, -0.15) is 13.2 Å². The molecule has 0 spiro atoms. The molecule has 0 bridgehead atoms. The van der Waals surface area contributed by atoms with Crippen molar-refractivity contribution in [2.75, 3.05) is 6.54 Å². The number of nitrogens with two attached hydrogens (primary N) is 1. The zero-order valence-corrected chi connectivity index (χ0v) is 9.17. The number of nitrogens with zero attached hydrogens (tertiary/aromatic N) is 2. The van der Waals surface area contributed by atoms with Crippen LogP contribution in [0.2, 0.25) is 0 Å². The first-order valence-corrected chi connectivity index (χ1v) is 5.12. The molecule has 94 valence electrons. The Hall–Kier alpha value is -2.07. The summed E-state index contributed by atoms with van der Waals surface area (Å²) in [6.45, 7) is 0.435. The third-order valence-electron chi connectivity index (χ3n) is 2.11. The average molecular weight is 254 g/mol. The van der Waals surface area contributed by atoms with E-state index in [9.17, 15) is 13.2 Å². The van der Waals surface area contributed by atoms with Crippen LogP contribution in [-0.2, 0) is 6.18 Å². The standard InChI is InChI=1S/C11H9F3N4/c12-11(13,14)10-17-8-5-7(3-1-2-4-15)6-16-9(8)18-10/h5-6H,2,4,15H2,(H,16,17,18). The van der Waals surface area contributed by atoms with Gasteiger partial charge in [-0.1, -0.05) is 11.8 Å². The highest BCUT2D eigenvalue weighted by Gasteiger charge is 2.34. The number of aromatic amines is 1. The zero-order chi connectivity index (χ0) is 13.2. The van der Waals surface area contributed by atoms with Crippen LogP contribution in [0, 0.1) is 11.8 Å². The molecule has 0 amide bonds. The summed E-state index contributed by atoms with van der Waals surface area (Å²) in [6, 6.07) is 1.48. The number of fused-ring (bicyclic) bond motifs is 1. The van der Waals surface area contributed by atoms with Crippen molar-refractivity contribution in [3.05, 3.63) is 23.7 Å². The lowest BCUT2D eigenvalue weighted by atomic mass is 10.2. The van der Waals surface area contributed by atoms with Crippen molar-refractivity contribution < 1.29 is 13.2 Å². The summed E-state index contributed by atoms with van der Waals surface area (Å²) in [5.74, 6) is 4.49. The highest BCUT2D eigenvalue weighted by atomic mass is 19.4. The second-order valence-corrected chi connectivity index (χ2v) is 3.52. The van der Waals surface area contributed by atoms with E-state index in [4.69, 9.17) is 5.73 Å². The topological polar surface area (TPSA) is 67.6 Å². The Morgan fingerprint density at radius 2 is 2.17 bits per heavy atom. The Bertz CT molecular complexity index is 618. The molecule has 2 aromatic rings. The fourth-order valence-corrected chi connectivity index (χ4v) is 1.34. The quantitative estimate of drug-likeness (QED) is 0.761. The van der Waals surface area contributed by atoms with E-state index in [0.717, 1.165) is 0 Å². The van der Waals surface area contributed by atoms with Gasteiger partial charge in [-0.05, 0) is 6.07 Å². The van der Waals surface area contributed by atoms with Crippen LogP contribution in [0.25, 0.3) is 11.2 Å². The average Bonchev–Trinajstić information content (AvgIpc) is 2.72. The Balaban J connectivity index is 2.38. The summed E-state index contributed by atoms with van der Waals surface area (Å²) in [4.78, 5) is 9.35. The van der Waals surface area contributed by atoms with E-state index in [2.05, 4.69) is 26.8 Å². The molecule has 3 N–H and O–H groups in total. The third-order valence-corrected chi connectivity index (χ3v) is 2.11. The van der Waals surface area contributed by atoms with Gasteiger partial charge in [0.2, 0.25) is 5.82 Å². The highest BCUT2D eigenvalue weighted by molar-refractivity contribution is 5.72. The van der Waals surface area contributed by atoms with Gasteiger partial charge in [0, 0.05) is 24.7 Å². The maximum absolute atomic E-state index is 12.4. The summed E-state index contributed by atoms with van der Waals surface area (Å²) in [5, 5.41) is 0. The molecule has 4 nitrogen and oxygen atoms in total. The molecule has 18 heavy (non-hydrogen) atoms. The number of pyridine rings is 1. The first-order valence-electron chi connectivity index (χ1n) is 5.12. The van der Waals surface area contributed by atoms with Gasteiger partial charge in [0.25, 0.3) is 0 Å².